The minimum absolute atomic E-state index is 0.0151. The number of nitrogens with zero attached hydrogens (tertiary/aromatic N) is 2. The van der Waals surface area contributed by atoms with Gasteiger partial charge in [0.1, 0.15) is 11.6 Å². The molecule has 2 fully saturated rings. The van der Waals surface area contributed by atoms with E-state index in [1.54, 1.807) is 0 Å². The van der Waals surface area contributed by atoms with Crippen molar-refractivity contribution in [2.45, 2.75) is 65.1 Å². The molecule has 6 rings (SSSR count). The van der Waals surface area contributed by atoms with Crippen LogP contribution in [0, 0.1) is 29.6 Å². The summed E-state index contributed by atoms with van der Waals surface area (Å²) in [4.78, 5) is 35.3. The number of amides is 2. The molecule has 0 saturated heterocycles. The third-order valence-corrected chi connectivity index (χ3v) is 8.01. The van der Waals surface area contributed by atoms with Crippen molar-refractivity contribution in [1.29, 1.82) is 0 Å². The standard InChI is InChI=1S/C27H34FN5O2/c1-14(2)25(34)23-17-10-19-22(11-17)33-27(35)30-12-16-5-4-6-18(9-16)31-26-15(3)7-8-21(32-24(19)23)20(28)13-29-26/h4-6,9,13-15,17,19,22-24H,7-8,10-12H2,1-3H3,(H,29,31)(H2,30,33,35)/b20-13-,32-21?. The van der Waals surface area contributed by atoms with E-state index in [1.165, 1.54) is 6.20 Å². The van der Waals surface area contributed by atoms with Crippen molar-refractivity contribution in [2.75, 3.05) is 5.32 Å². The highest BCUT2D eigenvalue weighted by Gasteiger charge is 2.56. The van der Waals surface area contributed by atoms with E-state index in [0.29, 0.717) is 30.9 Å². The van der Waals surface area contributed by atoms with Crippen molar-refractivity contribution < 1.29 is 14.0 Å². The molecule has 0 aromatic heterocycles. The summed E-state index contributed by atoms with van der Waals surface area (Å²) in [5.74, 6) is 0.342. The number of benzene rings is 1. The van der Waals surface area contributed by atoms with Crippen LogP contribution in [0.4, 0.5) is 14.9 Å². The van der Waals surface area contributed by atoms with Gasteiger partial charge in [-0.3, -0.25) is 9.79 Å². The molecule has 6 bridgehead atoms. The van der Waals surface area contributed by atoms with Crippen molar-refractivity contribution in [2.24, 2.45) is 39.6 Å². The number of fused-ring (bicyclic) bond motifs is 7. The van der Waals surface area contributed by atoms with Gasteiger partial charge in [0.05, 0.1) is 18.0 Å². The Morgan fingerprint density at radius 1 is 1.23 bits per heavy atom. The van der Waals surface area contributed by atoms with Crippen molar-refractivity contribution in [3.05, 3.63) is 41.9 Å². The number of carbonyl (C=O) groups excluding carboxylic acids is 2. The van der Waals surface area contributed by atoms with E-state index in [0.717, 1.165) is 24.1 Å². The fourth-order valence-corrected chi connectivity index (χ4v) is 6.16. The molecule has 0 radical (unpaired) electrons. The molecule has 3 aliphatic heterocycles. The summed E-state index contributed by atoms with van der Waals surface area (Å²) < 4.78 is 15.3. The summed E-state index contributed by atoms with van der Waals surface area (Å²) >= 11 is 0. The largest absolute Gasteiger partial charge is 0.344 e. The highest BCUT2D eigenvalue weighted by molar-refractivity contribution is 6.02. The first-order valence-corrected chi connectivity index (χ1v) is 12.7. The second-order valence-corrected chi connectivity index (χ2v) is 10.7. The summed E-state index contributed by atoms with van der Waals surface area (Å²) in [5, 5.41) is 9.42. The van der Waals surface area contributed by atoms with Gasteiger partial charge in [0, 0.05) is 41.9 Å². The molecule has 3 heterocycles. The van der Waals surface area contributed by atoms with Crippen LogP contribution < -0.4 is 16.0 Å². The summed E-state index contributed by atoms with van der Waals surface area (Å²) in [6.45, 7) is 6.29. The van der Waals surface area contributed by atoms with Gasteiger partial charge in [-0.25, -0.2) is 14.2 Å². The number of anilines is 1. The maximum Gasteiger partial charge on any atom is 0.315 e. The monoisotopic (exact) mass is 479 g/mol. The number of hydrogen-bond donors (Lipinski definition) is 3. The quantitative estimate of drug-likeness (QED) is 0.578. The number of hydrogen-bond acceptors (Lipinski definition) is 5. The van der Waals surface area contributed by atoms with Gasteiger partial charge in [0.2, 0.25) is 0 Å². The van der Waals surface area contributed by atoms with E-state index < -0.39 is 5.83 Å². The molecule has 1 aromatic carbocycles. The van der Waals surface area contributed by atoms with Gasteiger partial charge < -0.3 is 16.0 Å². The topological polar surface area (TPSA) is 95.0 Å². The first-order chi connectivity index (χ1) is 16.8. The number of rotatable bonds is 2. The van der Waals surface area contributed by atoms with Crippen LogP contribution in [0.2, 0.25) is 0 Å². The lowest BCUT2D eigenvalue weighted by molar-refractivity contribution is -0.127. The minimum atomic E-state index is -0.449. The zero-order valence-electron chi connectivity index (χ0n) is 20.6. The van der Waals surface area contributed by atoms with Crippen molar-refractivity contribution in [3.63, 3.8) is 0 Å². The number of amidine groups is 1. The third kappa shape index (κ3) is 4.75. The Hall–Kier alpha value is -3.03. The smallest absolute Gasteiger partial charge is 0.315 e. The van der Waals surface area contributed by atoms with Gasteiger partial charge in [-0.05, 0) is 49.3 Å². The number of aliphatic imine (C=N–C) groups is 2. The molecule has 1 aromatic rings. The van der Waals surface area contributed by atoms with Gasteiger partial charge in [-0.2, -0.15) is 0 Å². The van der Waals surface area contributed by atoms with Crippen LogP contribution in [0.25, 0.3) is 0 Å². The maximum atomic E-state index is 15.3. The summed E-state index contributed by atoms with van der Waals surface area (Å²) in [5.41, 5.74) is 2.18. The maximum absolute atomic E-state index is 15.3. The number of nitrogens with one attached hydrogen (secondary N) is 3. The Kier molecular flexibility index (Phi) is 6.47. The molecule has 2 aliphatic carbocycles. The third-order valence-electron chi connectivity index (χ3n) is 8.01. The fraction of sp³-hybridized carbons (Fsp3) is 0.556. The molecule has 2 saturated carbocycles. The normalized spacial score (nSPS) is 34.0. The van der Waals surface area contributed by atoms with E-state index in [-0.39, 0.29) is 53.5 Å². The summed E-state index contributed by atoms with van der Waals surface area (Å²) in [6, 6.07) is 7.14. The molecule has 5 aliphatic rings. The Labute approximate surface area is 205 Å². The zero-order valence-corrected chi connectivity index (χ0v) is 20.6. The lowest BCUT2D eigenvalue weighted by Crippen LogP contribution is -2.50. The molecule has 8 heteroatoms. The predicted molar refractivity (Wildman–Crippen MR) is 135 cm³/mol. The molecular formula is C27H34FN5O2. The molecule has 6 unspecified atom stereocenters. The highest BCUT2D eigenvalue weighted by atomic mass is 19.1. The summed E-state index contributed by atoms with van der Waals surface area (Å²) in [7, 11) is 0. The average Bonchev–Trinajstić information content (AvgIpc) is 3.39. The van der Waals surface area contributed by atoms with E-state index in [4.69, 9.17) is 4.99 Å². The van der Waals surface area contributed by atoms with Gasteiger partial charge in [-0.15, -0.1) is 0 Å². The second-order valence-electron chi connectivity index (χ2n) is 10.7. The van der Waals surface area contributed by atoms with Crippen molar-refractivity contribution in [3.8, 4) is 0 Å². The SMILES string of the molecule is CC(C)C(=O)C1C2CC3NC(=O)NCc4cccc(c4)NC4=N/C=C(\F)C(=NC1C3C2)CCC4C. The predicted octanol–water partition coefficient (Wildman–Crippen LogP) is 4.61. The van der Waals surface area contributed by atoms with E-state index >= 15 is 4.39 Å². The van der Waals surface area contributed by atoms with E-state index in [1.807, 2.05) is 38.1 Å². The Balaban J connectivity index is 1.55. The molecular weight excluding hydrogens is 445 g/mol. The molecule has 2 amide bonds. The zero-order chi connectivity index (χ0) is 24.7. The Bertz CT molecular complexity index is 1110. The molecule has 3 N–H and O–H groups in total. The highest BCUT2D eigenvalue weighted by Crippen LogP contribution is 2.51. The number of carbonyl (C=O) groups is 2. The number of allylic oxidation sites excluding steroid dienone is 1. The van der Waals surface area contributed by atoms with Gasteiger partial charge >= 0.3 is 6.03 Å². The van der Waals surface area contributed by atoms with Crippen LogP contribution in [-0.4, -0.2) is 35.4 Å². The summed E-state index contributed by atoms with van der Waals surface area (Å²) in [6.07, 6.45) is 4.00. The van der Waals surface area contributed by atoms with Crippen LogP contribution in [0.5, 0.6) is 0 Å². The number of urea groups is 1. The number of halogens is 1. The van der Waals surface area contributed by atoms with Crippen LogP contribution in [-0.2, 0) is 11.3 Å². The first kappa shape index (κ1) is 23.7. The molecule has 7 nitrogen and oxygen atoms in total. The average molecular weight is 480 g/mol. The Morgan fingerprint density at radius 2 is 2.06 bits per heavy atom. The molecule has 6 atom stereocenters. The van der Waals surface area contributed by atoms with Gasteiger partial charge in [0.15, 0.2) is 5.83 Å². The van der Waals surface area contributed by atoms with Crippen LogP contribution >= 0.6 is 0 Å². The van der Waals surface area contributed by atoms with Gasteiger partial charge in [0.25, 0.3) is 0 Å². The van der Waals surface area contributed by atoms with Crippen molar-refractivity contribution >= 4 is 29.0 Å². The molecule has 186 valence electrons. The fourth-order valence-electron chi connectivity index (χ4n) is 6.16. The lowest BCUT2D eigenvalue weighted by atomic mass is 9.77. The molecule has 0 spiro atoms. The van der Waals surface area contributed by atoms with E-state index in [9.17, 15) is 9.59 Å². The number of Topliss-reactive ketones (excluding diaryl/α,β-unsaturated/α-hetero) is 1. The van der Waals surface area contributed by atoms with Crippen LogP contribution in [0.3, 0.4) is 0 Å². The minimum Gasteiger partial charge on any atom is -0.344 e. The lowest BCUT2D eigenvalue weighted by Gasteiger charge is -2.34. The Morgan fingerprint density at radius 3 is 2.86 bits per heavy atom. The number of ketones is 1. The molecule has 35 heavy (non-hydrogen) atoms. The van der Waals surface area contributed by atoms with Crippen molar-refractivity contribution in [1.82, 2.24) is 10.6 Å². The second kappa shape index (κ2) is 9.55. The first-order valence-electron chi connectivity index (χ1n) is 12.7. The van der Waals surface area contributed by atoms with Crippen LogP contribution in [0.1, 0.15) is 52.0 Å². The van der Waals surface area contributed by atoms with E-state index in [2.05, 4.69) is 27.9 Å². The van der Waals surface area contributed by atoms with Crippen LogP contribution in [0.15, 0.2) is 46.3 Å². The van der Waals surface area contributed by atoms with Gasteiger partial charge in [-0.1, -0.05) is 32.9 Å².